The molecule has 1 unspecified atom stereocenters. The molecule has 4 aromatic rings. The standard InChI is InChI=1S/C28H25N3O3/c1-34-21-13-14-22-20(17-21)12-15-23-25(22)31-26(27(33)19-10-6-3-7-11-19)28(29-23)30-24(32)16-18-8-4-2-5-9-18/h2-11,13-14,17,27,33H,12,15-16H2,1H3,(H,29,30,32). The fourth-order valence-electron chi connectivity index (χ4n) is 4.29. The Labute approximate surface area is 198 Å². The van der Waals surface area contributed by atoms with Crippen LogP contribution in [0.15, 0.2) is 78.9 Å². The zero-order chi connectivity index (χ0) is 23.5. The van der Waals surface area contributed by atoms with Crippen LogP contribution in [0.1, 0.15) is 34.2 Å². The van der Waals surface area contributed by atoms with Gasteiger partial charge in [0.15, 0.2) is 5.82 Å². The highest BCUT2D eigenvalue weighted by molar-refractivity contribution is 5.92. The lowest BCUT2D eigenvalue weighted by atomic mass is 9.91. The number of carbonyl (C=O) groups is 1. The van der Waals surface area contributed by atoms with Gasteiger partial charge in [-0.05, 0) is 47.7 Å². The van der Waals surface area contributed by atoms with Crippen molar-refractivity contribution in [2.45, 2.75) is 25.4 Å². The third-order valence-electron chi connectivity index (χ3n) is 6.03. The number of fused-ring (bicyclic) bond motifs is 3. The molecule has 3 aromatic carbocycles. The van der Waals surface area contributed by atoms with Gasteiger partial charge < -0.3 is 15.2 Å². The average Bonchev–Trinajstić information content (AvgIpc) is 2.88. The molecule has 1 aliphatic rings. The summed E-state index contributed by atoms with van der Waals surface area (Å²) in [5.41, 5.74) is 5.54. The molecule has 34 heavy (non-hydrogen) atoms. The molecular weight excluding hydrogens is 426 g/mol. The number of nitrogens with one attached hydrogen (secondary N) is 1. The minimum Gasteiger partial charge on any atom is -0.497 e. The second-order valence-electron chi connectivity index (χ2n) is 8.30. The van der Waals surface area contributed by atoms with Gasteiger partial charge in [0.25, 0.3) is 0 Å². The number of rotatable bonds is 6. The molecule has 2 N–H and O–H groups in total. The third kappa shape index (κ3) is 4.40. The number of amides is 1. The summed E-state index contributed by atoms with van der Waals surface area (Å²) in [6.45, 7) is 0. The molecule has 0 bridgehead atoms. The summed E-state index contributed by atoms with van der Waals surface area (Å²) >= 11 is 0. The molecule has 0 radical (unpaired) electrons. The number of hydrogen-bond donors (Lipinski definition) is 2. The SMILES string of the molecule is COc1ccc2c(c1)CCc1nc(NC(=O)Cc3ccccc3)c(C(O)c3ccccc3)nc1-2. The van der Waals surface area contributed by atoms with E-state index in [1.165, 1.54) is 0 Å². The van der Waals surface area contributed by atoms with Crippen LogP contribution in [-0.4, -0.2) is 28.1 Å². The number of hydrogen-bond acceptors (Lipinski definition) is 5. The van der Waals surface area contributed by atoms with Crippen LogP contribution in [0.2, 0.25) is 0 Å². The normalized spacial score (nSPS) is 12.9. The predicted molar refractivity (Wildman–Crippen MR) is 131 cm³/mol. The summed E-state index contributed by atoms with van der Waals surface area (Å²) in [6, 6.07) is 24.7. The van der Waals surface area contributed by atoms with E-state index in [2.05, 4.69) is 5.32 Å². The number of aromatic nitrogens is 2. The van der Waals surface area contributed by atoms with E-state index in [0.717, 1.165) is 40.2 Å². The number of anilines is 1. The zero-order valence-corrected chi connectivity index (χ0v) is 18.9. The highest BCUT2D eigenvalue weighted by Crippen LogP contribution is 2.36. The number of nitrogens with zero attached hydrogens (tertiary/aromatic N) is 2. The lowest BCUT2D eigenvalue weighted by molar-refractivity contribution is -0.115. The van der Waals surface area contributed by atoms with Gasteiger partial charge in [0, 0.05) is 5.56 Å². The highest BCUT2D eigenvalue weighted by atomic mass is 16.5. The van der Waals surface area contributed by atoms with E-state index in [0.29, 0.717) is 23.5 Å². The maximum Gasteiger partial charge on any atom is 0.229 e. The van der Waals surface area contributed by atoms with Gasteiger partial charge in [-0.15, -0.1) is 0 Å². The lowest BCUT2D eigenvalue weighted by Gasteiger charge is -2.23. The molecule has 5 rings (SSSR count). The maximum absolute atomic E-state index is 12.9. The first-order chi connectivity index (χ1) is 16.6. The molecule has 6 nitrogen and oxygen atoms in total. The van der Waals surface area contributed by atoms with Gasteiger partial charge in [0.1, 0.15) is 17.5 Å². The molecule has 0 aliphatic heterocycles. The topological polar surface area (TPSA) is 84.3 Å². The van der Waals surface area contributed by atoms with Gasteiger partial charge in [-0.1, -0.05) is 60.7 Å². The molecule has 1 aromatic heterocycles. The maximum atomic E-state index is 12.9. The minimum absolute atomic E-state index is 0.206. The fourth-order valence-corrected chi connectivity index (χ4v) is 4.29. The van der Waals surface area contributed by atoms with Gasteiger partial charge in [-0.25, -0.2) is 9.97 Å². The Kier molecular flexibility index (Phi) is 6.06. The van der Waals surface area contributed by atoms with Crippen molar-refractivity contribution >= 4 is 11.7 Å². The molecule has 0 saturated carbocycles. The van der Waals surface area contributed by atoms with E-state index in [1.54, 1.807) is 7.11 Å². The Bertz CT molecular complexity index is 1320. The second-order valence-corrected chi connectivity index (χ2v) is 8.30. The molecule has 6 heteroatoms. The Morgan fingerprint density at radius 2 is 1.74 bits per heavy atom. The molecule has 1 aliphatic carbocycles. The van der Waals surface area contributed by atoms with Crippen molar-refractivity contribution in [3.05, 3.63) is 107 Å². The number of carbonyl (C=O) groups excluding carboxylic acids is 1. The average molecular weight is 452 g/mol. The van der Waals surface area contributed by atoms with Crippen molar-refractivity contribution in [1.29, 1.82) is 0 Å². The van der Waals surface area contributed by atoms with Gasteiger partial charge >= 0.3 is 0 Å². The predicted octanol–water partition coefficient (Wildman–Crippen LogP) is 4.51. The Morgan fingerprint density at radius 3 is 2.47 bits per heavy atom. The van der Waals surface area contributed by atoms with E-state index in [1.807, 2.05) is 78.9 Å². The second kappa shape index (κ2) is 9.45. The van der Waals surface area contributed by atoms with Crippen molar-refractivity contribution in [1.82, 2.24) is 9.97 Å². The van der Waals surface area contributed by atoms with Crippen LogP contribution >= 0.6 is 0 Å². The van der Waals surface area contributed by atoms with Crippen molar-refractivity contribution < 1.29 is 14.6 Å². The monoisotopic (exact) mass is 451 g/mol. The summed E-state index contributed by atoms with van der Waals surface area (Å²) in [4.78, 5) is 22.5. The minimum atomic E-state index is -1.03. The number of aryl methyl sites for hydroxylation is 2. The fraction of sp³-hybridized carbons (Fsp3) is 0.179. The molecular formula is C28H25N3O3. The summed E-state index contributed by atoms with van der Waals surface area (Å²) in [6.07, 6.45) is 0.663. The molecule has 1 amide bonds. The summed E-state index contributed by atoms with van der Waals surface area (Å²) in [5.74, 6) is 0.889. The Hall–Kier alpha value is -4.03. The number of benzene rings is 3. The molecule has 0 saturated heterocycles. The van der Waals surface area contributed by atoms with Crippen LogP contribution < -0.4 is 10.1 Å². The molecule has 1 heterocycles. The van der Waals surface area contributed by atoms with Crippen LogP contribution in [0.4, 0.5) is 5.82 Å². The van der Waals surface area contributed by atoms with E-state index in [9.17, 15) is 9.90 Å². The number of ether oxygens (including phenoxy) is 1. The van der Waals surface area contributed by atoms with Gasteiger partial charge in [0.2, 0.25) is 5.91 Å². The summed E-state index contributed by atoms with van der Waals surface area (Å²) in [7, 11) is 1.65. The van der Waals surface area contributed by atoms with Crippen LogP contribution in [0.25, 0.3) is 11.3 Å². The summed E-state index contributed by atoms with van der Waals surface area (Å²) in [5, 5.41) is 14.1. The van der Waals surface area contributed by atoms with Gasteiger partial charge in [0.05, 0.1) is 24.9 Å². The van der Waals surface area contributed by atoms with Crippen molar-refractivity contribution in [2.24, 2.45) is 0 Å². The smallest absolute Gasteiger partial charge is 0.229 e. The van der Waals surface area contributed by atoms with E-state index < -0.39 is 6.10 Å². The first-order valence-corrected chi connectivity index (χ1v) is 11.3. The van der Waals surface area contributed by atoms with Gasteiger partial charge in [-0.3, -0.25) is 4.79 Å². The van der Waals surface area contributed by atoms with Crippen molar-refractivity contribution in [2.75, 3.05) is 12.4 Å². The first-order valence-electron chi connectivity index (χ1n) is 11.3. The third-order valence-corrected chi connectivity index (χ3v) is 6.03. The number of methoxy groups -OCH3 is 1. The van der Waals surface area contributed by atoms with Crippen LogP contribution in [0, 0.1) is 0 Å². The Morgan fingerprint density at radius 1 is 1.00 bits per heavy atom. The Balaban J connectivity index is 1.55. The lowest BCUT2D eigenvalue weighted by Crippen LogP contribution is -2.21. The van der Waals surface area contributed by atoms with E-state index >= 15 is 0 Å². The van der Waals surface area contributed by atoms with Gasteiger partial charge in [-0.2, -0.15) is 0 Å². The zero-order valence-electron chi connectivity index (χ0n) is 18.9. The van der Waals surface area contributed by atoms with Crippen LogP contribution in [0.3, 0.4) is 0 Å². The molecule has 170 valence electrons. The highest BCUT2D eigenvalue weighted by Gasteiger charge is 2.26. The summed E-state index contributed by atoms with van der Waals surface area (Å²) < 4.78 is 5.38. The van der Waals surface area contributed by atoms with E-state index in [-0.39, 0.29) is 12.3 Å². The molecule has 0 fully saturated rings. The molecule has 1 atom stereocenters. The van der Waals surface area contributed by atoms with Crippen molar-refractivity contribution in [3.8, 4) is 17.0 Å². The largest absolute Gasteiger partial charge is 0.497 e. The number of aliphatic hydroxyl groups is 1. The van der Waals surface area contributed by atoms with Crippen molar-refractivity contribution in [3.63, 3.8) is 0 Å². The number of aliphatic hydroxyl groups excluding tert-OH is 1. The van der Waals surface area contributed by atoms with E-state index in [4.69, 9.17) is 14.7 Å². The van der Waals surface area contributed by atoms with Crippen LogP contribution in [0.5, 0.6) is 5.75 Å². The first kappa shape index (κ1) is 21.8. The quantitative estimate of drug-likeness (QED) is 0.451. The van der Waals surface area contributed by atoms with Crippen LogP contribution in [-0.2, 0) is 24.1 Å². The molecule has 0 spiro atoms.